The number of oxazole rings is 1. The van der Waals surface area contributed by atoms with Crippen molar-refractivity contribution in [3.8, 4) is 5.75 Å². The Morgan fingerprint density at radius 2 is 2.00 bits per heavy atom. The van der Waals surface area contributed by atoms with E-state index in [1.54, 1.807) is 13.4 Å². The summed E-state index contributed by atoms with van der Waals surface area (Å²) in [6.45, 7) is 7.03. The molecule has 0 aliphatic rings. The van der Waals surface area contributed by atoms with E-state index in [1.165, 1.54) is 0 Å². The molecule has 1 N–H and O–H groups in total. The Hall–Kier alpha value is -2.01. The molecule has 0 spiro atoms. The molecule has 0 saturated heterocycles. The topological polar surface area (TPSA) is 50.5 Å². The molecule has 114 valence electrons. The molecule has 5 nitrogen and oxygen atoms in total. The van der Waals surface area contributed by atoms with Crippen LogP contribution in [0.3, 0.4) is 0 Å². The summed E-state index contributed by atoms with van der Waals surface area (Å²) in [5.74, 6) is 0.785. The molecular weight excluding hydrogens is 266 g/mol. The molecule has 21 heavy (non-hydrogen) atoms. The van der Waals surface area contributed by atoms with Gasteiger partial charge < -0.3 is 14.5 Å². The van der Waals surface area contributed by atoms with Crippen LogP contribution in [0.1, 0.15) is 26.5 Å². The minimum Gasteiger partial charge on any atom is -0.495 e. The number of nitrogens with zero attached hydrogens (tertiary/aromatic N) is 2. The van der Waals surface area contributed by atoms with Gasteiger partial charge in [0.25, 0.3) is 0 Å². The van der Waals surface area contributed by atoms with E-state index in [9.17, 15) is 0 Å². The van der Waals surface area contributed by atoms with Crippen LogP contribution < -0.4 is 15.0 Å². The largest absolute Gasteiger partial charge is 0.495 e. The summed E-state index contributed by atoms with van der Waals surface area (Å²) in [5.41, 5.74) is 1.84. The van der Waals surface area contributed by atoms with E-state index in [0.29, 0.717) is 12.6 Å². The first kappa shape index (κ1) is 15.4. The number of hydrogen-bond donors (Lipinski definition) is 1. The van der Waals surface area contributed by atoms with Crippen molar-refractivity contribution in [2.24, 2.45) is 0 Å². The van der Waals surface area contributed by atoms with Crippen LogP contribution in [0.25, 0.3) is 0 Å². The molecule has 1 aromatic heterocycles. The number of aromatic nitrogens is 1. The second-order valence-electron chi connectivity index (χ2n) is 5.96. The Labute approximate surface area is 125 Å². The molecule has 0 atom stereocenters. The SMILES string of the molecule is COc1ccccc1N(C)c1nc(CNC(C)(C)C)co1. The Morgan fingerprint density at radius 1 is 1.29 bits per heavy atom. The third-order valence-corrected chi connectivity index (χ3v) is 3.07. The highest BCUT2D eigenvalue weighted by Crippen LogP contribution is 2.31. The lowest BCUT2D eigenvalue weighted by molar-refractivity contribution is 0.415. The van der Waals surface area contributed by atoms with Gasteiger partial charge in [0, 0.05) is 19.1 Å². The summed E-state index contributed by atoms with van der Waals surface area (Å²) in [6.07, 6.45) is 1.68. The van der Waals surface area contributed by atoms with Gasteiger partial charge >= 0.3 is 6.01 Å². The van der Waals surface area contributed by atoms with Crippen LogP contribution in [-0.2, 0) is 6.54 Å². The first-order chi connectivity index (χ1) is 9.90. The van der Waals surface area contributed by atoms with Crippen molar-refractivity contribution in [1.82, 2.24) is 10.3 Å². The van der Waals surface area contributed by atoms with Gasteiger partial charge in [0.15, 0.2) is 0 Å². The van der Waals surface area contributed by atoms with Gasteiger partial charge in [-0.3, -0.25) is 4.90 Å². The number of rotatable bonds is 5. The van der Waals surface area contributed by atoms with Crippen molar-refractivity contribution in [3.63, 3.8) is 0 Å². The lowest BCUT2D eigenvalue weighted by atomic mass is 10.1. The highest BCUT2D eigenvalue weighted by atomic mass is 16.5. The van der Waals surface area contributed by atoms with Gasteiger partial charge in [-0.05, 0) is 32.9 Å². The summed E-state index contributed by atoms with van der Waals surface area (Å²) < 4.78 is 10.9. The predicted molar refractivity (Wildman–Crippen MR) is 84.2 cm³/mol. The Balaban J connectivity index is 2.13. The highest BCUT2D eigenvalue weighted by Gasteiger charge is 2.16. The second kappa shape index (κ2) is 6.18. The van der Waals surface area contributed by atoms with Crippen molar-refractivity contribution in [2.45, 2.75) is 32.9 Å². The number of ether oxygens (including phenoxy) is 1. The van der Waals surface area contributed by atoms with Gasteiger partial charge in [0.05, 0.1) is 18.5 Å². The number of methoxy groups -OCH3 is 1. The summed E-state index contributed by atoms with van der Waals surface area (Å²) in [5, 5.41) is 3.39. The molecule has 0 radical (unpaired) electrons. The maximum absolute atomic E-state index is 5.56. The van der Waals surface area contributed by atoms with Crippen molar-refractivity contribution in [1.29, 1.82) is 0 Å². The normalized spacial score (nSPS) is 11.5. The van der Waals surface area contributed by atoms with E-state index in [4.69, 9.17) is 9.15 Å². The molecule has 2 rings (SSSR count). The lowest BCUT2D eigenvalue weighted by Crippen LogP contribution is -2.35. The van der Waals surface area contributed by atoms with Crippen LogP contribution in [0.4, 0.5) is 11.7 Å². The maximum atomic E-state index is 5.56. The molecule has 0 amide bonds. The first-order valence-corrected chi connectivity index (χ1v) is 6.97. The van der Waals surface area contributed by atoms with Crippen LogP contribution >= 0.6 is 0 Å². The number of anilines is 2. The van der Waals surface area contributed by atoms with Gasteiger partial charge in [0.2, 0.25) is 0 Å². The van der Waals surface area contributed by atoms with E-state index < -0.39 is 0 Å². The zero-order valence-electron chi connectivity index (χ0n) is 13.3. The monoisotopic (exact) mass is 289 g/mol. The maximum Gasteiger partial charge on any atom is 0.301 e. The third kappa shape index (κ3) is 3.98. The van der Waals surface area contributed by atoms with Gasteiger partial charge in [-0.15, -0.1) is 0 Å². The van der Waals surface area contributed by atoms with Gasteiger partial charge in [-0.1, -0.05) is 12.1 Å². The molecule has 0 aliphatic heterocycles. The summed E-state index contributed by atoms with van der Waals surface area (Å²) >= 11 is 0. The molecule has 0 saturated carbocycles. The highest BCUT2D eigenvalue weighted by molar-refractivity contribution is 5.63. The standard InChI is InChI=1S/C16H23N3O2/c1-16(2,3)17-10-12-11-21-15(18-12)19(4)13-8-6-7-9-14(13)20-5/h6-9,11,17H,10H2,1-5H3. The fourth-order valence-electron chi connectivity index (χ4n) is 1.90. The summed E-state index contributed by atoms with van der Waals surface area (Å²) in [6, 6.07) is 8.32. The molecule has 1 heterocycles. The van der Waals surface area contributed by atoms with Crippen LogP contribution in [0.2, 0.25) is 0 Å². The number of hydrogen-bond acceptors (Lipinski definition) is 5. The lowest BCUT2D eigenvalue weighted by Gasteiger charge is -2.19. The van der Waals surface area contributed by atoms with E-state index in [-0.39, 0.29) is 5.54 Å². The van der Waals surface area contributed by atoms with Crippen molar-refractivity contribution in [2.75, 3.05) is 19.1 Å². The quantitative estimate of drug-likeness (QED) is 0.915. The Kier molecular flexibility index (Phi) is 4.53. The summed E-state index contributed by atoms with van der Waals surface area (Å²) in [7, 11) is 3.56. The molecular formula is C16H23N3O2. The smallest absolute Gasteiger partial charge is 0.301 e. The van der Waals surface area contributed by atoms with Gasteiger partial charge in [-0.2, -0.15) is 4.98 Å². The third-order valence-electron chi connectivity index (χ3n) is 3.07. The van der Waals surface area contributed by atoms with E-state index in [1.807, 2.05) is 36.2 Å². The zero-order chi connectivity index (χ0) is 15.5. The Morgan fingerprint density at radius 3 is 2.67 bits per heavy atom. The minimum absolute atomic E-state index is 0.0493. The molecule has 0 fully saturated rings. The molecule has 1 aromatic carbocycles. The second-order valence-corrected chi connectivity index (χ2v) is 5.96. The van der Waals surface area contributed by atoms with Crippen LogP contribution in [0, 0.1) is 0 Å². The molecule has 2 aromatic rings. The van der Waals surface area contributed by atoms with E-state index in [0.717, 1.165) is 17.1 Å². The Bertz CT molecular complexity index is 587. The first-order valence-electron chi connectivity index (χ1n) is 6.97. The average molecular weight is 289 g/mol. The predicted octanol–water partition coefficient (Wildman–Crippen LogP) is 3.34. The number of nitrogens with one attached hydrogen (secondary N) is 1. The van der Waals surface area contributed by atoms with E-state index in [2.05, 4.69) is 31.1 Å². The minimum atomic E-state index is 0.0493. The average Bonchev–Trinajstić information content (AvgIpc) is 2.92. The fourth-order valence-corrected chi connectivity index (χ4v) is 1.90. The van der Waals surface area contributed by atoms with E-state index >= 15 is 0 Å². The molecule has 0 aliphatic carbocycles. The van der Waals surface area contributed by atoms with Crippen LogP contribution in [0.15, 0.2) is 34.9 Å². The van der Waals surface area contributed by atoms with Crippen molar-refractivity contribution >= 4 is 11.7 Å². The molecule has 0 unspecified atom stereocenters. The summed E-state index contributed by atoms with van der Waals surface area (Å²) in [4.78, 5) is 6.38. The van der Waals surface area contributed by atoms with Crippen LogP contribution in [0.5, 0.6) is 5.75 Å². The number of para-hydroxylation sites is 2. The molecule has 5 heteroatoms. The van der Waals surface area contributed by atoms with Gasteiger partial charge in [0.1, 0.15) is 12.0 Å². The zero-order valence-corrected chi connectivity index (χ0v) is 13.3. The molecule has 0 bridgehead atoms. The van der Waals surface area contributed by atoms with Gasteiger partial charge in [-0.25, -0.2) is 0 Å². The van der Waals surface area contributed by atoms with Crippen molar-refractivity contribution < 1.29 is 9.15 Å². The number of benzene rings is 1. The van der Waals surface area contributed by atoms with Crippen LogP contribution in [-0.4, -0.2) is 24.7 Å². The fraction of sp³-hybridized carbons (Fsp3) is 0.438. The van der Waals surface area contributed by atoms with Crippen molar-refractivity contribution in [3.05, 3.63) is 36.2 Å².